The molecule has 1 aliphatic carbocycles. The van der Waals surface area contributed by atoms with E-state index in [-0.39, 0.29) is 29.9 Å². The van der Waals surface area contributed by atoms with Crippen LogP contribution in [0.5, 0.6) is 0 Å². The van der Waals surface area contributed by atoms with Crippen molar-refractivity contribution < 1.29 is 39.9 Å². The monoisotopic (exact) mass is 632 g/mol. The van der Waals surface area contributed by atoms with Crippen LogP contribution in [0.15, 0.2) is 66.7 Å². The molecule has 4 aromatic carbocycles. The highest BCUT2D eigenvalue weighted by molar-refractivity contribution is 5.71. The van der Waals surface area contributed by atoms with Crippen molar-refractivity contribution in [2.24, 2.45) is 0 Å². The van der Waals surface area contributed by atoms with Crippen LogP contribution in [-0.4, -0.2) is 6.10 Å². The second-order valence-corrected chi connectivity index (χ2v) is 11.6. The minimum absolute atomic E-state index is 0.0470. The van der Waals surface area contributed by atoms with E-state index in [9.17, 15) is 35.1 Å². The molecule has 0 radical (unpaired) electrons. The molecule has 0 aliphatic heterocycles. The molecule has 1 saturated carbocycles. The molecule has 9 heteroatoms. The number of hydrogen-bond donors (Lipinski definition) is 0. The lowest BCUT2D eigenvalue weighted by Gasteiger charge is -2.31. The van der Waals surface area contributed by atoms with Crippen molar-refractivity contribution in [3.63, 3.8) is 0 Å². The van der Waals surface area contributed by atoms with Crippen LogP contribution in [0, 0.1) is 34.9 Å². The Kier molecular flexibility index (Phi) is 9.97. The van der Waals surface area contributed by atoms with Crippen LogP contribution >= 0.6 is 0 Å². The fourth-order valence-corrected chi connectivity index (χ4v) is 6.00. The van der Waals surface area contributed by atoms with Crippen LogP contribution in [0.2, 0.25) is 0 Å². The molecule has 1 fully saturated rings. The fourth-order valence-electron chi connectivity index (χ4n) is 6.00. The Hall–Kier alpha value is -3.72. The van der Waals surface area contributed by atoms with Crippen molar-refractivity contribution in [1.82, 2.24) is 0 Å². The lowest BCUT2D eigenvalue weighted by atomic mass is 9.82. The van der Waals surface area contributed by atoms with E-state index in [1.165, 1.54) is 12.1 Å². The summed E-state index contributed by atoms with van der Waals surface area (Å²) >= 11 is 0. The summed E-state index contributed by atoms with van der Waals surface area (Å²) in [5.74, 6) is -7.76. The topological polar surface area (TPSA) is 9.23 Å². The second-order valence-electron chi connectivity index (χ2n) is 11.6. The first-order valence-electron chi connectivity index (χ1n) is 15.1. The summed E-state index contributed by atoms with van der Waals surface area (Å²) in [4.78, 5) is 0. The van der Waals surface area contributed by atoms with Crippen molar-refractivity contribution in [1.29, 1.82) is 0 Å². The standard InChI is InChI=1S/C36H32F8O/c1-2-3-4-5-21-16-30(38)34(31(39)17-21)36(43,44)45-27-13-10-23(11-14-27)22-6-8-24(9-7-22)25-12-15-28(29(37)18-25)26-19-32(40)35(42)33(41)20-26/h6-9,12,15-20,23,27H,2-5,10-11,13-14H2,1H3. The lowest BCUT2D eigenvalue weighted by Crippen LogP contribution is -2.31. The van der Waals surface area contributed by atoms with Gasteiger partial charge in [-0.2, -0.15) is 8.78 Å². The zero-order chi connectivity index (χ0) is 32.3. The predicted octanol–water partition coefficient (Wildman–Crippen LogP) is 11.4. The molecule has 238 valence electrons. The molecule has 0 spiro atoms. The molecule has 0 heterocycles. The van der Waals surface area contributed by atoms with E-state index in [1.54, 1.807) is 18.2 Å². The third-order valence-corrected chi connectivity index (χ3v) is 8.43. The molecule has 0 amide bonds. The van der Waals surface area contributed by atoms with Gasteiger partial charge in [0.05, 0.1) is 6.10 Å². The van der Waals surface area contributed by atoms with Gasteiger partial charge in [-0.05, 0) is 103 Å². The Morgan fingerprint density at radius 1 is 0.644 bits per heavy atom. The molecular formula is C36H32F8O. The third-order valence-electron chi connectivity index (χ3n) is 8.43. The molecule has 4 aromatic rings. The molecule has 0 atom stereocenters. The van der Waals surface area contributed by atoms with Crippen LogP contribution in [0.1, 0.15) is 74.5 Å². The van der Waals surface area contributed by atoms with Gasteiger partial charge < -0.3 is 4.74 Å². The molecule has 1 aliphatic rings. The van der Waals surface area contributed by atoms with E-state index in [0.29, 0.717) is 42.4 Å². The highest BCUT2D eigenvalue weighted by atomic mass is 19.3. The van der Waals surface area contributed by atoms with Gasteiger partial charge in [-0.15, -0.1) is 0 Å². The minimum Gasteiger partial charge on any atom is -0.313 e. The minimum atomic E-state index is -4.11. The van der Waals surface area contributed by atoms with Gasteiger partial charge in [0, 0.05) is 5.56 Å². The van der Waals surface area contributed by atoms with E-state index in [0.717, 1.165) is 42.7 Å². The first-order chi connectivity index (χ1) is 21.5. The van der Waals surface area contributed by atoms with Crippen LogP contribution in [0.4, 0.5) is 35.1 Å². The Labute approximate surface area is 256 Å². The summed E-state index contributed by atoms with van der Waals surface area (Å²) in [7, 11) is 0. The van der Waals surface area contributed by atoms with Crippen LogP contribution in [0.3, 0.4) is 0 Å². The maximum Gasteiger partial charge on any atom is 0.389 e. The number of alkyl halides is 2. The summed E-state index contributed by atoms with van der Waals surface area (Å²) in [6.07, 6.45) is -0.467. The molecule has 1 nitrogen and oxygen atoms in total. The van der Waals surface area contributed by atoms with Gasteiger partial charge in [-0.1, -0.05) is 56.2 Å². The molecule has 45 heavy (non-hydrogen) atoms. The van der Waals surface area contributed by atoms with Gasteiger partial charge in [0.1, 0.15) is 23.0 Å². The zero-order valence-electron chi connectivity index (χ0n) is 24.6. The van der Waals surface area contributed by atoms with E-state index in [4.69, 9.17) is 4.74 Å². The first-order valence-corrected chi connectivity index (χ1v) is 15.1. The number of halogens is 8. The highest BCUT2D eigenvalue weighted by Crippen LogP contribution is 2.41. The molecule has 0 aromatic heterocycles. The van der Waals surface area contributed by atoms with Gasteiger partial charge in [0.2, 0.25) is 0 Å². The van der Waals surface area contributed by atoms with Gasteiger partial charge in [-0.25, -0.2) is 26.3 Å². The maximum atomic E-state index is 15.0. The number of rotatable bonds is 10. The smallest absolute Gasteiger partial charge is 0.313 e. The SMILES string of the molecule is CCCCCc1cc(F)c(C(F)(F)OC2CCC(c3ccc(-c4ccc(-c5cc(F)c(F)c(F)c5)c(F)c4)cc3)CC2)c(F)c1. The molecule has 0 bridgehead atoms. The van der Waals surface area contributed by atoms with Crippen molar-refractivity contribution in [3.8, 4) is 22.3 Å². The lowest BCUT2D eigenvalue weighted by molar-refractivity contribution is -0.280. The molecule has 0 unspecified atom stereocenters. The van der Waals surface area contributed by atoms with E-state index < -0.39 is 52.7 Å². The average Bonchev–Trinajstić information content (AvgIpc) is 2.99. The maximum absolute atomic E-state index is 15.0. The first kappa shape index (κ1) is 32.7. The fraction of sp³-hybridized carbons (Fsp3) is 0.333. The van der Waals surface area contributed by atoms with E-state index >= 15 is 0 Å². The van der Waals surface area contributed by atoms with Crippen molar-refractivity contribution in [2.45, 2.75) is 76.4 Å². The van der Waals surface area contributed by atoms with Crippen molar-refractivity contribution in [2.75, 3.05) is 0 Å². The molecule has 0 saturated heterocycles. The summed E-state index contributed by atoms with van der Waals surface area (Å²) in [6.45, 7) is 1.99. The van der Waals surface area contributed by atoms with Crippen LogP contribution < -0.4 is 0 Å². The Morgan fingerprint density at radius 2 is 1.22 bits per heavy atom. The number of ether oxygens (including phenoxy) is 1. The van der Waals surface area contributed by atoms with Gasteiger partial charge >= 0.3 is 6.11 Å². The van der Waals surface area contributed by atoms with Gasteiger partial charge in [0.25, 0.3) is 0 Å². The largest absolute Gasteiger partial charge is 0.389 e. The summed E-state index contributed by atoms with van der Waals surface area (Å²) in [6, 6.07) is 14.8. The van der Waals surface area contributed by atoms with E-state index in [2.05, 4.69) is 0 Å². The normalized spacial score (nSPS) is 17.1. The third kappa shape index (κ3) is 7.40. The second kappa shape index (κ2) is 13.7. The number of benzene rings is 4. The molecular weight excluding hydrogens is 600 g/mol. The summed E-state index contributed by atoms with van der Waals surface area (Å²) in [5.41, 5.74) is 0.910. The number of aryl methyl sites for hydroxylation is 1. The summed E-state index contributed by atoms with van der Waals surface area (Å²) < 4.78 is 120. The quantitative estimate of drug-likeness (QED) is 0.0960. The Balaban J connectivity index is 1.20. The van der Waals surface area contributed by atoms with Crippen LogP contribution in [-0.2, 0) is 17.3 Å². The Morgan fingerprint density at radius 3 is 1.80 bits per heavy atom. The van der Waals surface area contributed by atoms with Crippen LogP contribution in [0.25, 0.3) is 22.3 Å². The zero-order valence-corrected chi connectivity index (χ0v) is 24.6. The summed E-state index contributed by atoms with van der Waals surface area (Å²) in [5, 5.41) is 0. The predicted molar refractivity (Wildman–Crippen MR) is 157 cm³/mol. The number of hydrogen-bond acceptors (Lipinski definition) is 1. The van der Waals surface area contributed by atoms with Crippen molar-refractivity contribution >= 4 is 0 Å². The molecule has 5 rings (SSSR count). The van der Waals surface area contributed by atoms with E-state index in [1.807, 2.05) is 19.1 Å². The average molecular weight is 633 g/mol. The molecule has 0 N–H and O–H groups in total. The van der Waals surface area contributed by atoms with Gasteiger partial charge in [0.15, 0.2) is 17.5 Å². The number of unbranched alkanes of at least 4 members (excludes halogenated alkanes) is 2. The Bertz CT molecular complexity index is 1600. The highest BCUT2D eigenvalue weighted by Gasteiger charge is 2.42. The van der Waals surface area contributed by atoms with Crippen molar-refractivity contribution in [3.05, 3.63) is 118 Å². The van der Waals surface area contributed by atoms with Gasteiger partial charge in [-0.3, -0.25) is 0 Å².